The Hall–Kier alpha value is -2.69. The number of nitrogens with two attached hydrogens (primary N) is 1. The second-order valence-electron chi connectivity index (χ2n) is 6.69. The van der Waals surface area contributed by atoms with Crippen molar-refractivity contribution in [3.8, 4) is 11.1 Å². The van der Waals surface area contributed by atoms with E-state index in [4.69, 9.17) is 15.0 Å². The molecule has 6 nitrogen and oxygen atoms in total. The van der Waals surface area contributed by atoms with E-state index in [1.807, 2.05) is 29.2 Å². The van der Waals surface area contributed by atoms with Gasteiger partial charge in [-0.05, 0) is 22.0 Å². The standard InChI is InChI=1S/C21H23N4O2P/c22-21(25-8-10-26-11-9-25)23-20-14-17(24-27-20)12-15-6-7-18(19(28)13-15)16-4-2-1-3-5-16/h1-7,13-14H,8-12,28H2,(H2,22,23). The summed E-state index contributed by atoms with van der Waals surface area (Å²) in [6.45, 7) is 2.80. The summed E-state index contributed by atoms with van der Waals surface area (Å²) >= 11 is 0. The average molecular weight is 394 g/mol. The zero-order valence-electron chi connectivity index (χ0n) is 15.5. The predicted octanol–water partition coefficient (Wildman–Crippen LogP) is 2.71. The van der Waals surface area contributed by atoms with Crippen LogP contribution in [0, 0.1) is 0 Å². The van der Waals surface area contributed by atoms with Crippen LogP contribution in [0.3, 0.4) is 0 Å². The molecule has 3 aromatic rings. The molecule has 1 unspecified atom stereocenters. The molecule has 1 aliphatic rings. The Morgan fingerprint density at radius 3 is 2.64 bits per heavy atom. The summed E-state index contributed by atoms with van der Waals surface area (Å²) in [5, 5.41) is 5.29. The van der Waals surface area contributed by atoms with Crippen molar-refractivity contribution in [1.82, 2.24) is 10.1 Å². The quantitative estimate of drug-likeness (QED) is 0.418. The molecule has 0 amide bonds. The summed E-state index contributed by atoms with van der Waals surface area (Å²) in [6.07, 6.45) is 0.674. The van der Waals surface area contributed by atoms with E-state index in [-0.39, 0.29) is 0 Å². The molecule has 2 N–H and O–H groups in total. The van der Waals surface area contributed by atoms with Gasteiger partial charge in [0.25, 0.3) is 5.88 Å². The fourth-order valence-electron chi connectivity index (χ4n) is 3.22. The molecular weight excluding hydrogens is 371 g/mol. The minimum atomic E-state index is 0.422. The minimum Gasteiger partial charge on any atom is -0.378 e. The van der Waals surface area contributed by atoms with E-state index in [0.717, 1.165) is 29.7 Å². The first kappa shape index (κ1) is 18.7. The lowest BCUT2D eigenvalue weighted by Gasteiger charge is -2.27. The molecule has 0 bridgehead atoms. The molecule has 28 heavy (non-hydrogen) atoms. The van der Waals surface area contributed by atoms with Crippen LogP contribution < -0.4 is 11.0 Å². The van der Waals surface area contributed by atoms with Gasteiger partial charge in [-0.25, -0.2) is 0 Å². The van der Waals surface area contributed by atoms with Crippen LogP contribution in [0.4, 0.5) is 5.88 Å². The fourth-order valence-corrected chi connectivity index (χ4v) is 3.70. The van der Waals surface area contributed by atoms with Crippen molar-refractivity contribution >= 4 is 26.4 Å². The van der Waals surface area contributed by atoms with Crippen molar-refractivity contribution < 1.29 is 9.26 Å². The predicted molar refractivity (Wildman–Crippen MR) is 114 cm³/mol. The van der Waals surface area contributed by atoms with Gasteiger partial charge in [-0.3, -0.25) is 0 Å². The van der Waals surface area contributed by atoms with Crippen molar-refractivity contribution in [3.05, 3.63) is 65.9 Å². The van der Waals surface area contributed by atoms with Crippen LogP contribution in [0.15, 0.2) is 64.1 Å². The number of benzene rings is 2. The summed E-state index contributed by atoms with van der Waals surface area (Å²) in [4.78, 5) is 6.33. The first-order valence-corrected chi connectivity index (χ1v) is 9.83. The number of hydrogen-bond acceptors (Lipinski definition) is 4. The molecule has 7 heteroatoms. The van der Waals surface area contributed by atoms with E-state index in [2.05, 4.69) is 49.7 Å². The van der Waals surface area contributed by atoms with Crippen LogP contribution in [-0.2, 0) is 11.2 Å². The van der Waals surface area contributed by atoms with E-state index in [9.17, 15) is 0 Å². The molecule has 2 heterocycles. The van der Waals surface area contributed by atoms with Gasteiger partial charge in [-0.15, -0.1) is 9.24 Å². The molecule has 0 radical (unpaired) electrons. The third-order valence-corrected chi connectivity index (χ3v) is 5.17. The molecule has 4 rings (SSSR count). The van der Waals surface area contributed by atoms with Gasteiger partial charge in [0.1, 0.15) is 0 Å². The van der Waals surface area contributed by atoms with Gasteiger partial charge in [0, 0.05) is 25.6 Å². The van der Waals surface area contributed by atoms with Gasteiger partial charge in [0.15, 0.2) is 5.96 Å². The Balaban J connectivity index is 1.46. The van der Waals surface area contributed by atoms with E-state index in [0.29, 0.717) is 31.5 Å². The van der Waals surface area contributed by atoms with E-state index < -0.39 is 0 Å². The van der Waals surface area contributed by atoms with Gasteiger partial charge in [-0.1, -0.05) is 53.7 Å². The number of morpholine rings is 1. The van der Waals surface area contributed by atoms with Crippen LogP contribution in [-0.4, -0.2) is 42.3 Å². The zero-order chi connectivity index (χ0) is 19.3. The Labute approximate surface area is 166 Å². The lowest BCUT2D eigenvalue weighted by molar-refractivity contribution is 0.0675. The molecule has 144 valence electrons. The molecule has 1 atom stereocenters. The Morgan fingerprint density at radius 2 is 1.89 bits per heavy atom. The lowest BCUT2D eigenvalue weighted by atomic mass is 10.0. The fraction of sp³-hybridized carbons (Fsp3) is 0.238. The van der Waals surface area contributed by atoms with Gasteiger partial charge < -0.3 is 19.9 Å². The second-order valence-corrected chi connectivity index (χ2v) is 7.31. The Kier molecular flexibility index (Phi) is 5.70. The first-order chi connectivity index (χ1) is 13.7. The highest BCUT2D eigenvalue weighted by molar-refractivity contribution is 7.28. The average Bonchev–Trinajstić information content (AvgIpc) is 3.16. The molecule has 1 saturated heterocycles. The molecule has 0 saturated carbocycles. The highest BCUT2D eigenvalue weighted by Gasteiger charge is 2.14. The SMILES string of the molecule is N/C(=N/c1cc(Cc2ccc(-c3ccccc3)c(P)c2)no1)N1CCOCC1. The highest BCUT2D eigenvalue weighted by Crippen LogP contribution is 2.22. The smallest absolute Gasteiger partial charge is 0.253 e. The maximum Gasteiger partial charge on any atom is 0.253 e. The van der Waals surface area contributed by atoms with E-state index in [1.165, 1.54) is 11.1 Å². The minimum absolute atomic E-state index is 0.422. The summed E-state index contributed by atoms with van der Waals surface area (Å²) in [6, 6.07) is 18.6. The number of rotatable bonds is 4. The van der Waals surface area contributed by atoms with Crippen molar-refractivity contribution in [1.29, 1.82) is 0 Å². The van der Waals surface area contributed by atoms with Crippen LogP contribution in [0.1, 0.15) is 11.3 Å². The largest absolute Gasteiger partial charge is 0.378 e. The summed E-state index contributed by atoms with van der Waals surface area (Å²) in [5.74, 6) is 0.858. The number of nitrogens with zero attached hydrogens (tertiary/aromatic N) is 3. The van der Waals surface area contributed by atoms with Gasteiger partial charge in [-0.2, -0.15) is 4.99 Å². The van der Waals surface area contributed by atoms with Crippen molar-refractivity contribution in [3.63, 3.8) is 0 Å². The Bertz CT molecular complexity index is 966. The zero-order valence-corrected chi connectivity index (χ0v) is 16.7. The van der Waals surface area contributed by atoms with Crippen molar-refractivity contribution in [2.75, 3.05) is 26.3 Å². The normalized spacial score (nSPS) is 15.0. The molecular formula is C21H23N4O2P. The maximum absolute atomic E-state index is 6.06. The van der Waals surface area contributed by atoms with Crippen LogP contribution in [0.2, 0.25) is 0 Å². The van der Waals surface area contributed by atoms with Crippen molar-refractivity contribution in [2.45, 2.75) is 6.42 Å². The number of guanidine groups is 1. The molecule has 1 aliphatic heterocycles. The van der Waals surface area contributed by atoms with Crippen LogP contribution in [0.5, 0.6) is 0 Å². The van der Waals surface area contributed by atoms with E-state index in [1.54, 1.807) is 0 Å². The van der Waals surface area contributed by atoms with E-state index >= 15 is 0 Å². The molecule has 2 aromatic carbocycles. The summed E-state index contributed by atoms with van der Waals surface area (Å²) in [5.41, 5.74) is 10.5. The van der Waals surface area contributed by atoms with Crippen LogP contribution in [0.25, 0.3) is 11.1 Å². The topological polar surface area (TPSA) is 76.9 Å². The van der Waals surface area contributed by atoms with Gasteiger partial charge >= 0.3 is 0 Å². The highest BCUT2D eigenvalue weighted by atomic mass is 31.0. The van der Waals surface area contributed by atoms with Gasteiger partial charge in [0.2, 0.25) is 0 Å². The second kappa shape index (κ2) is 8.55. The molecule has 0 aliphatic carbocycles. The molecule has 1 fully saturated rings. The molecule has 1 aromatic heterocycles. The first-order valence-electron chi connectivity index (χ1n) is 9.25. The summed E-state index contributed by atoms with van der Waals surface area (Å²) in [7, 11) is 2.82. The van der Waals surface area contributed by atoms with Crippen LogP contribution >= 0.6 is 9.24 Å². The van der Waals surface area contributed by atoms with Gasteiger partial charge in [0.05, 0.1) is 18.9 Å². The third kappa shape index (κ3) is 4.41. The lowest BCUT2D eigenvalue weighted by Crippen LogP contribution is -2.44. The number of hydrogen-bond donors (Lipinski definition) is 1. The summed E-state index contributed by atoms with van der Waals surface area (Å²) < 4.78 is 10.7. The monoisotopic (exact) mass is 394 g/mol. The third-order valence-electron chi connectivity index (χ3n) is 4.69. The van der Waals surface area contributed by atoms with Crippen molar-refractivity contribution in [2.24, 2.45) is 10.7 Å². The molecule has 0 spiro atoms. The Morgan fingerprint density at radius 1 is 1.11 bits per heavy atom. The number of ether oxygens (including phenoxy) is 1. The number of aliphatic imine (C=N–C) groups is 1. The maximum atomic E-state index is 6.06. The number of aromatic nitrogens is 1.